The third-order valence-electron chi connectivity index (χ3n) is 2.79. The summed E-state index contributed by atoms with van der Waals surface area (Å²) in [7, 11) is 0. The molecule has 0 saturated heterocycles. The minimum absolute atomic E-state index is 0.137. The van der Waals surface area contributed by atoms with E-state index in [4.69, 9.17) is 16.7 Å². The SMILES string of the molecule is CC(C)CCC(C)Nc1ccc(Cl)c(C(=O)O)c1. The lowest BCUT2D eigenvalue weighted by Crippen LogP contribution is -2.16. The normalized spacial score (nSPS) is 12.5. The maximum absolute atomic E-state index is 11.0. The summed E-state index contributed by atoms with van der Waals surface area (Å²) in [6.07, 6.45) is 2.20. The lowest BCUT2D eigenvalue weighted by molar-refractivity contribution is 0.0697. The molecule has 0 aliphatic rings. The molecule has 0 bridgehead atoms. The van der Waals surface area contributed by atoms with E-state index < -0.39 is 5.97 Å². The zero-order chi connectivity index (χ0) is 13.7. The monoisotopic (exact) mass is 269 g/mol. The second-order valence-electron chi connectivity index (χ2n) is 5.02. The van der Waals surface area contributed by atoms with E-state index in [1.807, 2.05) is 0 Å². The van der Waals surface area contributed by atoms with Gasteiger partial charge in [-0.25, -0.2) is 4.79 Å². The molecule has 0 aromatic heterocycles. The molecular formula is C14H20ClNO2. The van der Waals surface area contributed by atoms with E-state index in [0.717, 1.165) is 18.5 Å². The van der Waals surface area contributed by atoms with E-state index in [0.29, 0.717) is 12.0 Å². The molecule has 18 heavy (non-hydrogen) atoms. The van der Waals surface area contributed by atoms with Gasteiger partial charge in [-0.3, -0.25) is 0 Å². The first-order valence-corrected chi connectivity index (χ1v) is 6.57. The van der Waals surface area contributed by atoms with Gasteiger partial charge in [0.05, 0.1) is 10.6 Å². The van der Waals surface area contributed by atoms with Crippen molar-refractivity contribution in [3.05, 3.63) is 28.8 Å². The third kappa shape index (κ3) is 4.57. The summed E-state index contributed by atoms with van der Waals surface area (Å²) >= 11 is 5.82. The summed E-state index contributed by atoms with van der Waals surface area (Å²) in [5, 5.41) is 12.6. The maximum Gasteiger partial charge on any atom is 0.337 e. The number of carboxylic acid groups (broad SMARTS) is 1. The summed E-state index contributed by atoms with van der Waals surface area (Å²) in [5.74, 6) is -0.326. The van der Waals surface area contributed by atoms with Crippen LogP contribution in [0.2, 0.25) is 5.02 Å². The highest BCUT2D eigenvalue weighted by Crippen LogP contribution is 2.21. The van der Waals surface area contributed by atoms with Crippen LogP contribution in [0.1, 0.15) is 44.0 Å². The van der Waals surface area contributed by atoms with Crippen molar-refractivity contribution in [1.82, 2.24) is 0 Å². The van der Waals surface area contributed by atoms with Crippen LogP contribution in [0.25, 0.3) is 0 Å². The van der Waals surface area contributed by atoms with Crippen molar-refractivity contribution in [2.45, 2.75) is 39.7 Å². The van der Waals surface area contributed by atoms with Gasteiger partial charge in [0.2, 0.25) is 0 Å². The number of hydrogen-bond acceptors (Lipinski definition) is 2. The maximum atomic E-state index is 11.0. The van der Waals surface area contributed by atoms with Gasteiger partial charge in [-0.1, -0.05) is 25.4 Å². The standard InChI is InChI=1S/C14H20ClNO2/c1-9(2)4-5-10(3)16-11-6-7-13(15)12(8-11)14(17)18/h6-10,16H,4-5H2,1-3H3,(H,17,18). The minimum atomic E-state index is -1.00. The Kier molecular flexibility index (Phi) is 5.48. The number of hydrogen-bond donors (Lipinski definition) is 2. The van der Waals surface area contributed by atoms with E-state index in [9.17, 15) is 4.79 Å². The Morgan fingerprint density at radius 1 is 1.33 bits per heavy atom. The van der Waals surface area contributed by atoms with Gasteiger partial charge in [-0.15, -0.1) is 0 Å². The summed E-state index contributed by atoms with van der Waals surface area (Å²) < 4.78 is 0. The fourth-order valence-electron chi connectivity index (χ4n) is 1.72. The Bertz CT molecular complexity index is 418. The topological polar surface area (TPSA) is 49.3 Å². The molecule has 1 rings (SSSR count). The molecular weight excluding hydrogens is 250 g/mol. The Balaban J connectivity index is 2.67. The fraction of sp³-hybridized carbons (Fsp3) is 0.500. The third-order valence-corrected chi connectivity index (χ3v) is 3.12. The average molecular weight is 270 g/mol. The zero-order valence-electron chi connectivity index (χ0n) is 11.0. The van der Waals surface area contributed by atoms with Gasteiger partial charge in [0.15, 0.2) is 0 Å². The van der Waals surface area contributed by atoms with Crippen LogP contribution in [0.3, 0.4) is 0 Å². The molecule has 1 aromatic carbocycles. The van der Waals surface area contributed by atoms with E-state index in [-0.39, 0.29) is 10.6 Å². The second-order valence-corrected chi connectivity index (χ2v) is 5.42. The second kappa shape index (κ2) is 6.64. The van der Waals surface area contributed by atoms with Gasteiger partial charge in [-0.2, -0.15) is 0 Å². The molecule has 0 aliphatic heterocycles. The van der Waals surface area contributed by atoms with Crippen LogP contribution in [0.4, 0.5) is 5.69 Å². The van der Waals surface area contributed by atoms with Crippen LogP contribution in [0, 0.1) is 5.92 Å². The predicted molar refractivity (Wildman–Crippen MR) is 75.6 cm³/mol. The smallest absolute Gasteiger partial charge is 0.337 e. The largest absolute Gasteiger partial charge is 0.478 e. The highest BCUT2D eigenvalue weighted by molar-refractivity contribution is 6.33. The molecule has 0 amide bonds. The minimum Gasteiger partial charge on any atom is -0.478 e. The molecule has 3 nitrogen and oxygen atoms in total. The summed E-state index contributed by atoms with van der Waals surface area (Å²) in [4.78, 5) is 11.0. The molecule has 0 fully saturated rings. The lowest BCUT2D eigenvalue weighted by Gasteiger charge is -2.17. The fourth-order valence-corrected chi connectivity index (χ4v) is 1.92. The van der Waals surface area contributed by atoms with Crippen LogP contribution >= 0.6 is 11.6 Å². The molecule has 0 radical (unpaired) electrons. The molecule has 0 spiro atoms. The molecule has 0 heterocycles. The number of aromatic carboxylic acids is 1. The molecule has 1 unspecified atom stereocenters. The Morgan fingerprint density at radius 2 is 2.00 bits per heavy atom. The number of rotatable bonds is 6. The van der Waals surface area contributed by atoms with Crippen LogP contribution in [-0.2, 0) is 0 Å². The van der Waals surface area contributed by atoms with Gasteiger partial charge in [0.1, 0.15) is 0 Å². The number of carboxylic acids is 1. The highest BCUT2D eigenvalue weighted by atomic mass is 35.5. The van der Waals surface area contributed by atoms with Gasteiger partial charge >= 0.3 is 5.97 Å². The molecule has 1 atom stereocenters. The van der Waals surface area contributed by atoms with Crippen molar-refractivity contribution in [2.24, 2.45) is 5.92 Å². The number of nitrogens with one attached hydrogen (secondary N) is 1. The Hall–Kier alpha value is -1.22. The zero-order valence-corrected chi connectivity index (χ0v) is 11.8. The van der Waals surface area contributed by atoms with E-state index >= 15 is 0 Å². The molecule has 1 aromatic rings. The van der Waals surface area contributed by atoms with E-state index in [1.54, 1.807) is 18.2 Å². The Labute approximate surface area is 113 Å². The number of anilines is 1. The Morgan fingerprint density at radius 3 is 2.56 bits per heavy atom. The molecule has 2 N–H and O–H groups in total. The van der Waals surface area contributed by atoms with Crippen LogP contribution < -0.4 is 5.32 Å². The molecule has 100 valence electrons. The lowest BCUT2D eigenvalue weighted by atomic mass is 10.0. The van der Waals surface area contributed by atoms with Gasteiger partial charge < -0.3 is 10.4 Å². The van der Waals surface area contributed by atoms with Crippen molar-refractivity contribution in [1.29, 1.82) is 0 Å². The van der Waals surface area contributed by atoms with Gasteiger partial charge in [0, 0.05) is 11.7 Å². The number of benzene rings is 1. The van der Waals surface area contributed by atoms with E-state index in [2.05, 4.69) is 26.1 Å². The van der Waals surface area contributed by atoms with Crippen molar-refractivity contribution >= 4 is 23.3 Å². The van der Waals surface area contributed by atoms with Crippen molar-refractivity contribution < 1.29 is 9.90 Å². The molecule has 4 heteroatoms. The van der Waals surface area contributed by atoms with Gasteiger partial charge in [-0.05, 0) is 43.9 Å². The van der Waals surface area contributed by atoms with E-state index in [1.165, 1.54) is 0 Å². The van der Waals surface area contributed by atoms with Crippen LogP contribution in [0.5, 0.6) is 0 Å². The highest BCUT2D eigenvalue weighted by Gasteiger charge is 2.10. The predicted octanol–water partition coefficient (Wildman–Crippen LogP) is 4.27. The molecule has 0 saturated carbocycles. The summed E-state index contributed by atoms with van der Waals surface area (Å²) in [6, 6.07) is 5.31. The number of carbonyl (C=O) groups is 1. The van der Waals surface area contributed by atoms with Crippen LogP contribution in [-0.4, -0.2) is 17.1 Å². The van der Waals surface area contributed by atoms with Gasteiger partial charge in [0.25, 0.3) is 0 Å². The van der Waals surface area contributed by atoms with Crippen molar-refractivity contribution in [3.8, 4) is 0 Å². The first-order chi connectivity index (χ1) is 8.40. The average Bonchev–Trinajstić information content (AvgIpc) is 2.28. The first kappa shape index (κ1) is 14.8. The van der Waals surface area contributed by atoms with Crippen LogP contribution in [0.15, 0.2) is 18.2 Å². The summed E-state index contributed by atoms with van der Waals surface area (Å²) in [5.41, 5.74) is 0.936. The quantitative estimate of drug-likeness (QED) is 0.811. The van der Waals surface area contributed by atoms with Crippen molar-refractivity contribution in [2.75, 3.05) is 5.32 Å². The number of halogens is 1. The van der Waals surface area contributed by atoms with Crippen molar-refractivity contribution in [3.63, 3.8) is 0 Å². The summed E-state index contributed by atoms with van der Waals surface area (Å²) in [6.45, 7) is 6.48. The first-order valence-electron chi connectivity index (χ1n) is 6.19. The molecule has 0 aliphatic carbocycles.